The summed E-state index contributed by atoms with van der Waals surface area (Å²) in [6.45, 7) is 5.22. The third-order valence-electron chi connectivity index (χ3n) is 5.35. The summed E-state index contributed by atoms with van der Waals surface area (Å²) in [7, 11) is 0. The Morgan fingerprint density at radius 3 is 2.64 bits per heavy atom. The highest BCUT2D eigenvalue weighted by atomic mass is 79.9. The summed E-state index contributed by atoms with van der Waals surface area (Å²) in [5, 5.41) is 17.2. The van der Waals surface area contributed by atoms with Crippen molar-refractivity contribution in [3.63, 3.8) is 0 Å². The number of nitrogens with one attached hydrogen (secondary N) is 2. The lowest BCUT2D eigenvalue weighted by Gasteiger charge is -2.09. The number of nitrogens with zero attached hydrogens (tertiary/aromatic N) is 4. The Balaban J connectivity index is 1.29. The zero-order valence-electron chi connectivity index (χ0n) is 20.9. The molecular formula is C28H26BrClN6O2S. The number of aromatic nitrogens is 3. The number of thioether (sulfide) groups is 1. The van der Waals surface area contributed by atoms with Crippen molar-refractivity contribution >= 4 is 57.1 Å². The second-order valence-corrected chi connectivity index (χ2v) is 10.5. The van der Waals surface area contributed by atoms with Gasteiger partial charge in [-0.05, 0) is 54.1 Å². The molecule has 11 heteroatoms. The molecule has 39 heavy (non-hydrogen) atoms. The molecule has 0 saturated heterocycles. The molecule has 2 N–H and O–H groups in total. The number of hydrogen-bond acceptors (Lipinski definition) is 7. The molecule has 0 aliphatic heterocycles. The summed E-state index contributed by atoms with van der Waals surface area (Å²) in [5.41, 5.74) is 5.28. The van der Waals surface area contributed by atoms with E-state index in [0.29, 0.717) is 35.6 Å². The van der Waals surface area contributed by atoms with Gasteiger partial charge in [0.15, 0.2) is 11.0 Å². The summed E-state index contributed by atoms with van der Waals surface area (Å²) in [6, 6.07) is 22.9. The maximum Gasteiger partial charge on any atom is 0.250 e. The molecule has 0 atom stereocenters. The maximum absolute atomic E-state index is 12.5. The second-order valence-electron chi connectivity index (χ2n) is 8.19. The van der Waals surface area contributed by atoms with Crippen molar-refractivity contribution < 1.29 is 9.53 Å². The number of halogens is 2. The molecule has 0 saturated carbocycles. The molecule has 0 radical (unpaired) electrons. The second kappa shape index (κ2) is 14.5. The fourth-order valence-corrected chi connectivity index (χ4v) is 4.56. The predicted molar refractivity (Wildman–Crippen MR) is 160 cm³/mol. The van der Waals surface area contributed by atoms with E-state index in [2.05, 4.69) is 48.6 Å². The van der Waals surface area contributed by atoms with Crippen molar-refractivity contribution in [1.82, 2.24) is 20.2 Å². The van der Waals surface area contributed by atoms with Crippen molar-refractivity contribution in [2.24, 2.45) is 5.10 Å². The third-order valence-corrected chi connectivity index (χ3v) is 7.10. The van der Waals surface area contributed by atoms with Crippen LogP contribution in [0.2, 0.25) is 5.02 Å². The van der Waals surface area contributed by atoms with Crippen molar-refractivity contribution in [2.45, 2.75) is 24.9 Å². The van der Waals surface area contributed by atoms with Gasteiger partial charge in [-0.3, -0.25) is 4.79 Å². The van der Waals surface area contributed by atoms with Crippen molar-refractivity contribution in [2.75, 3.05) is 11.1 Å². The molecule has 0 aliphatic rings. The average molecular weight is 626 g/mol. The van der Waals surface area contributed by atoms with Gasteiger partial charge in [0, 0.05) is 27.3 Å². The number of allylic oxidation sites excluding steroid dienone is 1. The van der Waals surface area contributed by atoms with Crippen LogP contribution < -0.4 is 15.5 Å². The number of para-hydroxylation sites is 1. The van der Waals surface area contributed by atoms with Crippen LogP contribution in [0, 0.1) is 0 Å². The Labute approximate surface area is 244 Å². The van der Waals surface area contributed by atoms with Crippen LogP contribution in [0.3, 0.4) is 0 Å². The van der Waals surface area contributed by atoms with Gasteiger partial charge in [0.2, 0.25) is 0 Å². The van der Waals surface area contributed by atoms with Gasteiger partial charge in [0.05, 0.1) is 18.5 Å². The highest BCUT2D eigenvalue weighted by Gasteiger charge is 2.13. The van der Waals surface area contributed by atoms with Gasteiger partial charge in [-0.2, -0.15) is 5.10 Å². The van der Waals surface area contributed by atoms with Crippen LogP contribution in [0.4, 0.5) is 5.69 Å². The van der Waals surface area contributed by atoms with Gasteiger partial charge in [-0.25, -0.2) is 5.43 Å². The minimum Gasteiger partial charge on any atom is -0.488 e. The highest BCUT2D eigenvalue weighted by Crippen LogP contribution is 2.20. The molecule has 1 heterocycles. The molecule has 0 fully saturated rings. The number of anilines is 1. The van der Waals surface area contributed by atoms with Crippen LogP contribution in [0.15, 0.2) is 100 Å². The number of carbonyl (C=O) groups is 1. The highest BCUT2D eigenvalue weighted by molar-refractivity contribution is 9.10. The Morgan fingerprint density at radius 1 is 1.10 bits per heavy atom. The Hall–Kier alpha value is -3.60. The molecule has 3 aromatic carbocycles. The number of rotatable bonds is 13. The molecule has 4 rings (SSSR count). The summed E-state index contributed by atoms with van der Waals surface area (Å²) < 4.78 is 8.88. The van der Waals surface area contributed by atoms with Gasteiger partial charge >= 0.3 is 0 Å². The monoisotopic (exact) mass is 624 g/mol. The van der Waals surface area contributed by atoms with Crippen LogP contribution >= 0.6 is 39.3 Å². The lowest BCUT2D eigenvalue weighted by Crippen LogP contribution is -2.20. The number of hydrazone groups is 1. The Morgan fingerprint density at radius 2 is 1.87 bits per heavy atom. The van der Waals surface area contributed by atoms with E-state index in [0.717, 1.165) is 27.1 Å². The SMILES string of the molecule is C=CCn1c(CNc2ccc(Cl)cc2)nnc1SCC(=O)N/N=C/c1ccccc1OCc1ccc(Br)cc1. The largest absolute Gasteiger partial charge is 0.488 e. The summed E-state index contributed by atoms with van der Waals surface area (Å²) in [6.07, 6.45) is 3.33. The molecule has 0 spiro atoms. The van der Waals surface area contributed by atoms with E-state index in [9.17, 15) is 4.79 Å². The van der Waals surface area contributed by atoms with Crippen molar-refractivity contribution in [3.8, 4) is 5.75 Å². The molecule has 1 aromatic heterocycles. The summed E-state index contributed by atoms with van der Waals surface area (Å²) >= 11 is 10.7. The van der Waals surface area contributed by atoms with Crippen LogP contribution in [-0.2, 0) is 24.5 Å². The summed E-state index contributed by atoms with van der Waals surface area (Å²) in [5.74, 6) is 1.26. The first-order valence-electron chi connectivity index (χ1n) is 11.9. The summed E-state index contributed by atoms with van der Waals surface area (Å²) in [4.78, 5) is 12.5. The molecule has 200 valence electrons. The maximum atomic E-state index is 12.5. The normalized spacial score (nSPS) is 10.9. The molecule has 8 nitrogen and oxygen atoms in total. The number of amides is 1. The van der Waals surface area contributed by atoms with Gasteiger partial charge in [0.25, 0.3) is 5.91 Å². The first-order valence-corrected chi connectivity index (χ1v) is 14.1. The lowest BCUT2D eigenvalue weighted by molar-refractivity contribution is -0.118. The zero-order valence-corrected chi connectivity index (χ0v) is 24.0. The topological polar surface area (TPSA) is 93.4 Å². The minimum atomic E-state index is -0.265. The standard InChI is InChI=1S/C28H26BrClN6O2S/c1-2-15-36-26(17-31-24-13-11-23(30)12-14-24)33-35-28(36)39-19-27(37)34-32-16-21-5-3-4-6-25(21)38-18-20-7-9-22(29)10-8-20/h2-14,16,31H,1,15,17-19H2,(H,34,37)/b32-16+. The lowest BCUT2D eigenvalue weighted by atomic mass is 10.2. The van der Waals surface area contributed by atoms with Crippen LogP contribution in [0.5, 0.6) is 5.75 Å². The minimum absolute atomic E-state index is 0.124. The molecule has 0 unspecified atom stereocenters. The predicted octanol–water partition coefficient (Wildman–Crippen LogP) is 6.31. The quantitative estimate of drug-likeness (QED) is 0.0783. The van der Waals surface area contributed by atoms with E-state index in [4.69, 9.17) is 16.3 Å². The van der Waals surface area contributed by atoms with Crippen LogP contribution in [0.25, 0.3) is 0 Å². The van der Waals surface area contributed by atoms with E-state index in [-0.39, 0.29) is 11.7 Å². The van der Waals surface area contributed by atoms with Crippen molar-refractivity contribution in [1.29, 1.82) is 0 Å². The average Bonchev–Trinajstić information content (AvgIpc) is 3.33. The van der Waals surface area contributed by atoms with Gasteiger partial charge in [0.1, 0.15) is 12.4 Å². The first kappa shape index (κ1) is 28.4. The fraction of sp³-hybridized carbons (Fsp3) is 0.143. The van der Waals surface area contributed by atoms with E-state index >= 15 is 0 Å². The molecule has 0 bridgehead atoms. The number of carbonyl (C=O) groups excluding carboxylic acids is 1. The van der Waals surface area contributed by atoms with E-state index in [1.165, 1.54) is 11.8 Å². The van der Waals surface area contributed by atoms with Gasteiger partial charge in [-0.15, -0.1) is 16.8 Å². The Kier molecular flexibility index (Phi) is 10.6. The van der Waals surface area contributed by atoms with Gasteiger partial charge < -0.3 is 14.6 Å². The van der Waals surface area contributed by atoms with E-state index < -0.39 is 0 Å². The van der Waals surface area contributed by atoms with E-state index in [1.54, 1.807) is 12.3 Å². The third kappa shape index (κ3) is 8.71. The fourth-order valence-electron chi connectivity index (χ4n) is 3.41. The van der Waals surface area contributed by atoms with Gasteiger partial charge in [-0.1, -0.05) is 69.6 Å². The first-order chi connectivity index (χ1) is 19.0. The van der Waals surface area contributed by atoms with Crippen molar-refractivity contribution in [3.05, 3.63) is 112 Å². The zero-order chi connectivity index (χ0) is 27.5. The number of hydrogen-bond donors (Lipinski definition) is 2. The number of benzene rings is 3. The molecular weight excluding hydrogens is 600 g/mol. The smallest absolute Gasteiger partial charge is 0.250 e. The van der Waals surface area contributed by atoms with E-state index in [1.807, 2.05) is 77.4 Å². The number of ether oxygens (including phenoxy) is 1. The molecule has 0 aliphatic carbocycles. The Bertz CT molecular complexity index is 1430. The van der Waals surface area contributed by atoms with Crippen LogP contribution in [0.1, 0.15) is 17.0 Å². The molecule has 4 aromatic rings. The molecule has 1 amide bonds. The van der Waals surface area contributed by atoms with Crippen LogP contribution in [-0.4, -0.2) is 32.6 Å².